The van der Waals surface area contributed by atoms with E-state index >= 15 is 0 Å². The van der Waals surface area contributed by atoms with Gasteiger partial charge >= 0.3 is 0 Å². The molecule has 0 fully saturated rings. The van der Waals surface area contributed by atoms with Crippen LogP contribution >= 0.6 is 0 Å². The van der Waals surface area contributed by atoms with Gasteiger partial charge in [0.2, 0.25) is 0 Å². The van der Waals surface area contributed by atoms with Crippen LogP contribution in [-0.4, -0.2) is 6.54 Å². The molecule has 2 aromatic rings. The van der Waals surface area contributed by atoms with Gasteiger partial charge in [0.25, 0.3) is 0 Å². The van der Waals surface area contributed by atoms with Crippen molar-refractivity contribution in [3.8, 4) is 0 Å². The highest BCUT2D eigenvalue weighted by atomic mass is 15.1. The molecule has 3 heteroatoms. The van der Waals surface area contributed by atoms with Gasteiger partial charge in [0.1, 0.15) is 0 Å². The van der Waals surface area contributed by atoms with Crippen molar-refractivity contribution in [1.82, 2.24) is 0 Å². The first-order valence-electron chi connectivity index (χ1n) is 6.01. The van der Waals surface area contributed by atoms with E-state index in [4.69, 9.17) is 5.53 Å². The third kappa shape index (κ3) is 3.37. The molecule has 0 aliphatic carbocycles. The largest absolute Gasteiger partial charge is 0.0936 e. The molecular weight excluding hydrogens is 222 g/mol. The Morgan fingerprint density at radius 3 is 2.28 bits per heavy atom. The molecule has 0 saturated heterocycles. The molecule has 0 aliphatic rings. The van der Waals surface area contributed by atoms with E-state index in [1.807, 2.05) is 12.1 Å². The molecule has 0 radical (unpaired) electrons. The Morgan fingerprint density at radius 1 is 0.889 bits per heavy atom. The van der Waals surface area contributed by atoms with Crippen LogP contribution in [-0.2, 0) is 12.8 Å². The van der Waals surface area contributed by atoms with Crippen molar-refractivity contribution in [3.63, 3.8) is 0 Å². The van der Waals surface area contributed by atoms with Gasteiger partial charge in [-0.2, -0.15) is 0 Å². The molecule has 0 heterocycles. The molecule has 2 rings (SSSR count). The smallest absolute Gasteiger partial charge is 0.0298 e. The number of hydrogen-bond donors (Lipinski definition) is 0. The van der Waals surface area contributed by atoms with Crippen molar-refractivity contribution in [2.45, 2.75) is 12.8 Å². The lowest BCUT2D eigenvalue weighted by molar-refractivity contribution is 0.936. The lowest BCUT2D eigenvalue weighted by atomic mass is 9.98. The minimum Gasteiger partial charge on any atom is -0.0936 e. The van der Waals surface area contributed by atoms with Crippen molar-refractivity contribution < 1.29 is 0 Å². The summed E-state index contributed by atoms with van der Waals surface area (Å²) in [5.41, 5.74) is 12.2. The van der Waals surface area contributed by atoms with Crippen LogP contribution in [0.15, 0.2) is 59.7 Å². The van der Waals surface area contributed by atoms with E-state index in [0.717, 1.165) is 12.8 Å². The third-order valence-corrected chi connectivity index (χ3v) is 2.90. The second-order valence-corrected chi connectivity index (χ2v) is 4.14. The Bertz CT molecular complexity index is 543. The van der Waals surface area contributed by atoms with E-state index in [9.17, 15) is 0 Å². The summed E-state index contributed by atoms with van der Waals surface area (Å²) in [5.74, 6) is 0. The van der Waals surface area contributed by atoms with Crippen molar-refractivity contribution in [2.75, 3.05) is 6.54 Å². The Kier molecular flexibility index (Phi) is 4.39. The van der Waals surface area contributed by atoms with Gasteiger partial charge in [0, 0.05) is 11.5 Å². The topological polar surface area (TPSA) is 48.8 Å². The summed E-state index contributed by atoms with van der Waals surface area (Å²) in [6, 6.07) is 18.7. The average Bonchev–Trinajstić information content (AvgIpc) is 2.42. The van der Waals surface area contributed by atoms with Crippen molar-refractivity contribution >= 4 is 0 Å². The van der Waals surface area contributed by atoms with Gasteiger partial charge in [0.15, 0.2) is 0 Å². The van der Waals surface area contributed by atoms with Gasteiger partial charge in [-0.1, -0.05) is 59.7 Å². The van der Waals surface area contributed by atoms with E-state index in [1.165, 1.54) is 16.7 Å². The fourth-order valence-electron chi connectivity index (χ4n) is 2.00. The zero-order valence-corrected chi connectivity index (χ0v) is 10.2. The van der Waals surface area contributed by atoms with Crippen LogP contribution in [0.2, 0.25) is 0 Å². The van der Waals surface area contributed by atoms with Gasteiger partial charge in [-0.25, -0.2) is 0 Å². The average molecular weight is 237 g/mol. The summed E-state index contributed by atoms with van der Waals surface area (Å²) in [6.45, 7) is 0.516. The van der Waals surface area contributed by atoms with Crippen LogP contribution < -0.4 is 0 Å². The first kappa shape index (κ1) is 12.2. The highest BCUT2D eigenvalue weighted by Crippen LogP contribution is 2.15. The Morgan fingerprint density at radius 2 is 1.56 bits per heavy atom. The molecule has 0 amide bonds. The highest BCUT2D eigenvalue weighted by Gasteiger charge is 2.02. The highest BCUT2D eigenvalue weighted by molar-refractivity contribution is 5.32. The second kappa shape index (κ2) is 6.48. The van der Waals surface area contributed by atoms with Crippen molar-refractivity contribution in [1.29, 1.82) is 0 Å². The SMILES string of the molecule is [N-]=[N+]=NCCc1ccccc1Cc1ccccc1. The molecule has 0 N–H and O–H groups in total. The molecule has 0 aromatic heterocycles. The number of azide groups is 1. The van der Waals surface area contributed by atoms with Crippen LogP contribution in [0.1, 0.15) is 16.7 Å². The third-order valence-electron chi connectivity index (χ3n) is 2.90. The van der Waals surface area contributed by atoms with Crippen LogP contribution in [0.5, 0.6) is 0 Å². The van der Waals surface area contributed by atoms with Gasteiger partial charge in [0.05, 0.1) is 0 Å². The van der Waals surface area contributed by atoms with E-state index in [0.29, 0.717) is 6.54 Å². The Balaban J connectivity index is 2.14. The van der Waals surface area contributed by atoms with E-state index < -0.39 is 0 Å². The van der Waals surface area contributed by atoms with Gasteiger partial charge in [-0.15, -0.1) is 0 Å². The second-order valence-electron chi connectivity index (χ2n) is 4.14. The maximum absolute atomic E-state index is 8.31. The zero-order valence-electron chi connectivity index (χ0n) is 10.2. The van der Waals surface area contributed by atoms with E-state index in [2.05, 4.69) is 52.5 Å². The summed E-state index contributed by atoms with van der Waals surface area (Å²) in [7, 11) is 0. The monoisotopic (exact) mass is 237 g/mol. The molecule has 0 bridgehead atoms. The molecule has 18 heavy (non-hydrogen) atoms. The number of hydrogen-bond acceptors (Lipinski definition) is 1. The lowest BCUT2D eigenvalue weighted by Gasteiger charge is -2.08. The number of rotatable bonds is 5. The minimum atomic E-state index is 0.516. The predicted molar refractivity (Wildman–Crippen MR) is 73.4 cm³/mol. The van der Waals surface area contributed by atoms with E-state index in [-0.39, 0.29) is 0 Å². The molecule has 0 atom stereocenters. The summed E-state index contributed by atoms with van der Waals surface area (Å²) in [6.07, 6.45) is 1.72. The summed E-state index contributed by atoms with van der Waals surface area (Å²) in [5, 5.41) is 3.60. The number of benzene rings is 2. The first-order chi connectivity index (χ1) is 8.90. The summed E-state index contributed by atoms with van der Waals surface area (Å²) in [4.78, 5) is 2.79. The van der Waals surface area contributed by atoms with Crippen LogP contribution in [0.3, 0.4) is 0 Å². The van der Waals surface area contributed by atoms with Crippen molar-refractivity contribution in [2.24, 2.45) is 5.11 Å². The first-order valence-corrected chi connectivity index (χ1v) is 6.01. The molecule has 0 spiro atoms. The van der Waals surface area contributed by atoms with Crippen LogP contribution in [0.25, 0.3) is 10.4 Å². The standard InChI is InChI=1S/C15H15N3/c16-18-17-11-10-14-8-4-5-9-15(14)12-13-6-2-1-3-7-13/h1-9H,10-12H2. The molecule has 0 aliphatic heterocycles. The molecular formula is C15H15N3. The number of nitrogens with zero attached hydrogens (tertiary/aromatic N) is 3. The van der Waals surface area contributed by atoms with Gasteiger partial charge < -0.3 is 0 Å². The minimum absolute atomic E-state index is 0.516. The van der Waals surface area contributed by atoms with Gasteiger partial charge in [-0.3, -0.25) is 0 Å². The summed E-state index contributed by atoms with van der Waals surface area (Å²) >= 11 is 0. The van der Waals surface area contributed by atoms with Gasteiger partial charge in [-0.05, 0) is 35.1 Å². The zero-order chi connectivity index (χ0) is 12.6. The summed E-state index contributed by atoms with van der Waals surface area (Å²) < 4.78 is 0. The molecule has 90 valence electrons. The molecule has 2 aromatic carbocycles. The van der Waals surface area contributed by atoms with Crippen molar-refractivity contribution in [3.05, 3.63) is 81.7 Å². The van der Waals surface area contributed by atoms with E-state index in [1.54, 1.807) is 0 Å². The Labute approximate surface area is 107 Å². The van der Waals surface area contributed by atoms with Crippen LogP contribution in [0, 0.1) is 0 Å². The quantitative estimate of drug-likeness (QED) is 0.426. The van der Waals surface area contributed by atoms with Crippen LogP contribution in [0.4, 0.5) is 0 Å². The fourth-order valence-corrected chi connectivity index (χ4v) is 2.00. The normalized spacial score (nSPS) is 9.78. The molecule has 3 nitrogen and oxygen atoms in total. The predicted octanol–water partition coefficient (Wildman–Crippen LogP) is 4.13. The molecule has 0 saturated carbocycles. The molecule has 0 unspecified atom stereocenters. The lowest BCUT2D eigenvalue weighted by Crippen LogP contribution is -1.97. The maximum atomic E-state index is 8.31. The Hall–Kier alpha value is -2.25. The maximum Gasteiger partial charge on any atom is 0.0298 e. The fraction of sp³-hybridized carbons (Fsp3) is 0.200.